The molecule has 1 heterocycles. The van der Waals surface area contributed by atoms with Gasteiger partial charge in [0.1, 0.15) is 12.4 Å². The van der Waals surface area contributed by atoms with Crippen molar-refractivity contribution >= 4 is 11.6 Å². The minimum Gasteiger partial charge on any atom is -0.492 e. The van der Waals surface area contributed by atoms with Crippen molar-refractivity contribution in [1.29, 1.82) is 0 Å². The number of nitrogens with zero attached hydrogens (tertiary/aromatic N) is 1. The first-order valence-corrected chi connectivity index (χ1v) is 5.51. The normalized spacial score (nSPS) is 16.7. The van der Waals surface area contributed by atoms with Crippen molar-refractivity contribution in [3.8, 4) is 5.75 Å². The lowest BCUT2D eigenvalue weighted by Crippen LogP contribution is -2.30. The molecule has 3 nitrogen and oxygen atoms in total. The van der Waals surface area contributed by atoms with E-state index in [1.807, 2.05) is 18.2 Å². The maximum absolute atomic E-state index is 5.96. The molecule has 1 aliphatic rings. The van der Waals surface area contributed by atoms with Crippen molar-refractivity contribution in [2.75, 3.05) is 26.2 Å². The first kappa shape index (κ1) is 10.7. The summed E-state index contributed by atoms with van der Waals surface area (Å²) < 4.78 is 5.64. The minimum atomic E-state index is 0.676. The van der Waals surface area contributed by atoms with Gasteiger partial charge in [-0.3, -0.25) is 4.90 Å². The fourth-order valence-electron chi connectivity index (χ4n) is 1.79. The van der Waals surface area contributed by atoms with Gasteiger partial charge in [0.2, 0.25) is 0 Å². The summed E-state index contributed by atoms with van der Waals surface area (Å²) in [6, 6.07) is 5.76. The summed E-state index contributed by atoms with van der Waals surface area (Å²) in [5.41, 5.74) is 6.70. The number of hydrogen-bond acceptors (Lipinski definition) is 3. The van der Waals surface area contributed by atoms with Crippen LogP contribution >= 0.6 is 11.6 Å². The smallest absolute Gasteiger partial charge is 0.123 e. The molecule has 82 valence electrons. The third-order valence-electron chi connectivity index (χ3n) is 2.53. The van der Waals surface area contributed by atoms with E-state index in [2.05, 4.69) is 4.90 Å². The second-order valence-corrected chi connectivity index (χ2v) is 4.10. The lowest BCUT2D eigenvalue weighted by Gasteiger charge is -2.17. The summed E-state index contributed by atoms with van der Waals surface area (Å²) in [6.45, 7) is 4.08. The molecular weight excluding hydrogens is 212 g/mol. The van der Waals surface area contributed by atoms with Crippen molar-refractivity contribution < 1.29 is 4.74 Å². The third-order valence-corrected chi connectivity index (χ3v) is 2.76. The summed E-state index contributed by atoms with van der Waals surface area (Å²) in [5, 5.41) is 0.756. The third kappa shape index (κ3) is 2.62. The molecule has 4 heteroatoms. The quantitative estimate of drug-likeness (QED) is 0.831. The predicted octanol–water partition coefficient (Wildman–Crippen LogP) is 1.49. The highest BCUT2D eigenvalue weighted by Gasteiger charge is 2.14. The summed E-state index contributed by atoms with van der Waals surface area (Å²) in [7, 11) is 0. The Bertz CT molecular complexity index is 343. The van der Waals surface area contributed by atoms with Gasteiger partial charge in [-0.1, -0.05) is 11.6 Å². The Kier molecular flexibility index (Phi) is 3.46. The van der Waals surface area contributed by atoms with E-state index in [1.54, 1.807) is 0 Å². The van der Waals surface area contributed by atoms with E-state index in [4.69, 9.17) is 22.1 Å². The maximum Gasteiger partial charge on any atom is 0.123 e. The number of benzene rings is 1. The van der Waals surface area contributed by atoms with Crippen LogP contribution in [0.3, 0.4) is 0 Å². The van der Waals surface area contributed by atoms with Crippen LogP contribution in [0.4, 0.5) is 0 Å². The average molecular weight is 227 g/mol. The molecule has 15 heavy (non-hydrogen) atoms. The Morgan fingerprint density at radius 1 is 1.47 bits per heavy atom. The van der Waals surface area contributed by atoms with Crippen LogP contribution in [-0.4, -0.2) is 31.1 Å². The van der Waals surface area contributed by atoms with Gasteiger partial charge in [0.25, 0.3) is 0 Å². The fraction of sp³-hybridized carbons (Fsp3) is 0.455. The Hall–Kier alpha value is -0.770. The van der Waals surface area contributed by atoms with E-state index in [0.717, 1.165) is 36.0 Å². The molecule has 2 rings (SSSR count). The van der Waals surface area contributed by atoms with Crippen molar-refractivity contribution in [2.45, 2.75) is 6.54 Å². The minimum absolute atomic E-state index is 0.676. The topological polar surface area (TPSA) is 38.5 Å². The summed E-state index contributed by atoms with van der Waals surface area (Å²) >= 11 is 5.96. The van der Waals surface area contributed by atoms with E-state index >= 15 is 0 Å². The summed E-state index contributed by atoms with van der Waals surface area (Å²) in [5.74, 6) is 0.943. The molecule has 1 aliphatic heterocycles. The predicted molar refractivity (Wildman–Crippen MR) is 61.3 cm³/mol. The molecule has 0 unspecified atom stereocenters. The van der Waals surface area contributed by atoms with Crippen LogP contribution in [0.15, 0.2) is 18.2 Å². The Balaban J connectivity index is 2.19. The second-order valence-electron chi connectivity index (χ2n) is 3.67. The van der Waals surface area contributed by atoms with Crippen LogP contribution < -0.4 is 10.5 Å². The van der Waals surface area contributed by atoms with E-state index in [-0.39, 0.29) is 0 Å². The SMILES string of the molecule is NCCN1CCOc2ccc(Cl)cc2C1. The van der Waals surface area contributed by atoms with Crippen LogP contribution in [0.2, 0.25) is 5.02 Å². The van der Waals surface area contributed by atoms with Crippen LogP contribution in [0.5, 0.6) is 5.75 Å². The van der Waals surface area contributed by atoms with Crippen LogP contribution in [0.1, 0.15) is 5.56 Å². The first-order chi connectivity index (χ1) is 7.29. The van der Waals surface area contributed by atoms with Gasteiger partial charge in [-0.05, 0) is 18.2 Å². The van der Waals surface area contributed by atoms with Gasteiger partial charge in [-0.25, -0.2) is 0 Å². The Labute approximate surface area is 94.8 Å². The number of nitrogens with two attached hydrogens (primary N) is 1. The van der Waals surface area contributed by atoms with Crippen molar-refractivity contribution in [2.24, 2.45) is 5.73 Å². The zero-order chi connectivity index (χ0) is 10.7. The molecular formula is C11H15ClN2O. The first-order valence-electron chi connectivity index (χ1n) is 5.13. The van der Waals surface area contributed by atoms with Gasteiger partial charge >= 0.3 is 0 Å². The Morgan fingerprint density at radius 2 is 2.33 bits per heavy atom. The van der Waals surface area contributed by atoms with Gasteiger partial charge < -0.3 is 10.5 Å². The van der Waals surface area contributed by atoms with E-state index in [1.165, 1.54) is 0 Å². The Morgan fingerprint density at radius 3 is 3.13 bits per heavy atom. The second kappa shape index (κ2) is 4.84. The van der Waals surface area contributed by atoms with Crippen LogP contribution in [0, 0.1) is 0 Å². The highest BCUT2D eigenvalue weighted by molar-refractivity contribution is 6.30. The number of fused-ring (bicyclic) bond motifs is 1. The number of ether oxygens (including phenoxy) is 1. The molecule has 0 atom stereocenters. The van der Waals surface area contributed by atoms with Crippen molar-refractivity contribution in [1.82, 2.24) is 4.90 Å². The van der Waals surface area contributed by atoms with Crippen LogP contribution in [0.25, 0.3) is 0 Å². The highest BCUT2D eigenvalue weighted by Crippen LogP contribution is 2.25. The van der Waals surface area contributed by atoms with Crippen molar-refractivity contribution in [3.05, 3.63) is 28.8 Å². The molecule has 0 aromatic heterocycles. The van der Waals surface area contributed by atoms with Gasteiger partial charge in [-0.15, -0.1) is 0 Å². The number of hydrogen-bond donors (Lipinski definition) is 1. The largest absolute Gasteiger partial charge is 0.492 e. The molecule has 0 amide bonds. The number of rotatable bonds is 2. The lowest BCUT2D eigenvalue weighted by atomic mass is 10.2. The maximum atomic E-state index is 5.96. The van der Waals surface area contributed by atoms with E-state index in [0.29, 0.717) is 13.2 Å². The fourth-order valence-corrected chi connectivity index (χ4v) is 1.99. The molecule has 0 spiro atoms. The molecule has 0 radical (unpaired) electrons. The zero-order valence-electron chi connectivity index (χ0n) is 8.58. The molecule has 1 aromatic rings. The highest BCUT2D eigenvalue weighted by atomic mass is 35.5. The molecule has 0 saturated heterocycles. The molecule has 0 bridgehead atoms. The van der Waals surface area contributed by atoms with E-state index < -0.39 is 0 Å². The van der Waals surface area contributed by atoms with Gasteiger partial charge in [0, 0.05) is 36.8 Å². The molecule has 1 aromatic carbocycles. The van der Waals surface area contributed by atoms with Crippen molar-refractivity contribution in [3.63, 3.8) is 0 Å². The summed E-state index contributed by atoms with van der Waals surface area (Å²) in [4.78, 5) is 2.28. The average Bonchev–Trinajstić information content (AvgIpc) is 2.39. The van der Waals surface area contributed by atoms with Gasteiger partial charge in [0.15, 0.2) is 0 Å². The molecule has 0 saturated carbocycles. The molecule has 0 fully saturated rings. The summed E-state index contributed by atoms with van der Waals surface area (Å²) in [6.07, 6.45) is 0. The van der Waals surface area contributed by atoms with E-state index in [9.17, 15) is 0 Å². The van der Waals surface area contributed by atoms with Crippen LogP contribution in [-0.2, 0) is 6.54 Å². The number of halogens is 1. The van der Waals surface area contributed by atoms with Gasteiger partial charge in [-0.2, -0.15) is 0 Å². The molecule has 0 aliphatic carbocycles. The lowest BCUT2D eigenvalue weighted by molar-refractivity contribution is 0.230. The van der Waals surface area contributed by atoms with Gasteiger partial charge in [0.05, 0.1) is 0 Å². The monoisotopic (exact) mass is 226 g/mol. The standard InChI is InChI=1S/C11H15ClN2O/c12-10-1-2-11-9(7-10)8-14(4-3-13)5-6-15-11/h1-2,7H,3-6,8,13H2. The molecule has 2 N–H and O–H groups in total. The zero-order valence-corrected chi connectivity index (χ0v) is 9.33.